The van der Waals surface area contributed by atoms with E-state index in [0.717, 1.165) is 30.5 Å². The van der Waals surface area contributed by atoms with Crippen LogP contribution in [-0.4, -0.2) is 46.7 Å². The Balaban J connectivity index is 1.60. The van der Waals surface area contributed by atoms with Gasteiger partial charge in [0, 0.05) is 30.8 Å². The molecule has 1 aromatic carbocycles. The summed E-state index contributed by atoms with van der Waals surface area (Å²) in [6.45, 7) is 2.66. The molecule has 0 radical (unpaired) electrons. The Bertz CT molecular complexity index is 1050. The molecule has 156 valence electrons. The molecule has 4 N–H and O–H groups in total. The van der Waals surface area contributed by atoms with Crippen molar-refractivity contribution in [2.75, 3.05) is 24.7 Å². The third-order valence-corrected chi connectivity index (χ3v) is 5.20. The van der Waals surface area contributed by atoms with E-state index in [9.17, 15) is 4.79 Å². The van der Waals surface area contributed by atoms with Gasteiger partial charge < -0.3 is 21.1 Å². The van der Waals surface area contributed by atoms with Crippen molar-refractivity contribution < 1.29 is 9.53 Å². The first-order chi connectivity index (χ1) is 14.6. The summed E-state index contributed by atoms with van der Waals surface area (Å²) >= 11 is 0. The van der Waals surface area contributed by atoms with E-state index in [1.165, 1.54) is 0 Å². The van der Waals surface area contributed by atoms with Crippen LogP contribution in [0, 0.1) is 0 Å². The lowest BCUT2D eigenvalue weighted by Gasteiger charge is -2.15. The molecule has 0 spiro atoms. The highest BCUT2D eigenvalue weighted by Gasteiger charge is 2.23. The van der Waals surface area contributed by atoms with Crippen molar-refractivity contribution in [2.45, 2.75) is 38.3 Å². The number of carbonyl (C=O) groups is 1. The lowest BCUT2D eigenvalue weighted by molar-refractivity contribution is 0.0951. The van der Waals surface area contributed by atoms with E-state index in [1.54, 1.807) is 7.11 Å². The number of benzene rings is 1. The number of pyridine rings is 1. The first-order valence-electron chi connectivity index (χ1n) is 10.2. The van der Waals surface area contributed by atoms with Crippen LogP contribution in [0.1, 0.15) is 36.5 Å². The third-order valence-electron chi connectivity index (χ3n) is 5.20. The van der Waals surface area contributed by atoms with Crippen LogP contribution < -0.4 is 16.4 Å². The Morgan fingerprint density at radius 2 is 1.93 bits per heavy atom. The van der Waals surface area contributed by atoms with Gasteiger partial charge in [0.1, 0.15) is 5.52 Å². The van der Waals surface area contributed by atoms with E-state index in [2.05, 4.69) is 27.5 Å². The summed E-state index contributed by atoms with van der Waals surface area (Å²) in [4.78, 5) is 25.6. The number of amides is 1. The van der Waals surface area contributed by atoms with Crippen molar-refractivity contribution in [3.05, 3.63) is 42.0 Å². The number of nitrogen functional groups attached to an aromatic ring is 1. The number of nitrogens with one attached hydrogen (secondary N) is 2. The van der Waals surface area contributed by atoms with Gasteiger partial charge in [-0.15, -0.1) is 0 Å². The zero-order valence-electron chi connectivity index (χ0n) is 17.2. The molecule has 1 aliphatic rings. The fourth-order valence-corrected chi connectivity index (χ4v) is 3.21. The third kappa shape index (κ3) is 4.49. The van der Waals surface area contributed by atoms with Crippen LogP contribution in [0.2, 0.25) is 0 Å². The average molecular weight is 406 g/mol. The number of fused-ring (bicyclic) bond motifs is 1. The highest BCUT2D eigenvalue weighted by Crippen LogP contribution is 2.25. The molecule has 0 bridgehead atoms. The monoisotopic (exact) mass is 406 g/mol. The Kier molecular flexibility index (Phi) is 5.76. The SMILES string of the molecule is CCC(CNc1nc(N)nc2ccc(-c3ccc(C(=O)NC4CC4)cc3)nc12)OC. The van der Waals surface area contributed by atoms with Gasteiger partial charge in [-0.05, 0) is 43.5 Å². The standard InChI is InChI=1S/C22H26N6O2/c1-3-16(30-2)12-24-20-19-18(27-22(23)28-20)11-10-17(26-19)13-4-6-14(7-5-13)21(29)25-15-8-9-15/h4-7,10-11,15-16H,3,8-9,12H2,1-2H3,(H,25,29)(H3,23,24,27,28). The number of hydrogen-bond donors (Lipinski definition) is 3. The number of rotatable bonds is 8. The van der Waals surface area contributed by atoms with E-state index >= 15 is 0 Å². The van der Waals surface area contributed by atoms with Gasteiger partial charge >= 0.3 is 0 Å². The molecule has 4 rings (SSSR count). The van der Waals surface area contributed by atoms with E-state index in [-0.39, 0.29) is 18.0 Å². The van der Waals surface area contributed by atoms with E-state index in [1.807, 2.05) is 36.4 Å². The average Bonchev–Trinajstić information content (AvgIpc) is 3.58. The zero-order chi connectivity index (χ0) is 21.1. The normalized spacial score (nSPS) is 14.5. The number of hydrogen-bond acceptors (Lipinski definition) is 7. The number of nitrogens with two attached hydrogens (primary N) is 1. The molecule has 3 aromatic rings. The highest BCUT2D eigenvalue weighted by atomic mass is 16.5. The van der Waals surface area contributed by atoms with Crippen LogP contribution >= 0.6 is 0 Å². The maximum Gasteiger partial charge on any atom is 0.251 e. The summed E-state index contributed by atoms with van der Waals surface area (Å²) in [5, 5.41) is 6.28. The number of carbonyl (C=O) groups excluding carboxylic acids is 1. The van der Waals surface area contributed by atoms with Gasteiger partial charge in [-0.2, -0.15) is 4.98 Å². The van der Waals surface area contributed by atoms with E-state index < -0.39 is 0 Å². The molecule has 8 nitrogen and oxygen atoms in total. The van der Waals surface area contributed by atoms with Crippen LogP contribution in [0.25, 0.3) is 22.3 Å². The second kappa shape index (κ2) is 8.62. The Labute approximate surface area is 175 Å². The first-order valence-corrected chi connectivity index (χ1v) is 10.2. The van der Waals surface area contributed by atoms with Crippen molar-refractivity contribution >= 4 is 28.7 Å². The first kappa shape index (κ1) is 20.0. The molecule has 1 saturated carbocycles. The molecule has 30 heavy (non-hydrogen) atoms. The predicted molar refractivity (Wildman–Crippen MR) is 117 cm³/mol. The van der Waals surface area contributed by atoms with Gasteiger partial charge in [-0.3, -0.25) is 4.79 Å². The van der Waals surface area contributed by atoms with Gasteiger partial charge in [0.25, 0.3) is 5.91 Å². The molecule has 0 aliphatic heterocycles. The largest absolute Gasteiger partial charge is 0.380 e. The van der Waals surface area contributed by atoms with Crippen LogP contribution in [0.5, 0.6) is 0 Å². The molecule has 1 aliphatic carbocycles. The number of anilines is 2. The summed E-state index contributed by atoms with van der Waals surface area (Å²) in [6, 6.07) is 11.6. The summed E-state index contributed by atoms with van der Waals surface area (Å²) in [5.41, 5.74) is 9.50. The minimum atomic E-state index is -0.0329. The topological polar surface area (TPSA) is 115 Å². The van der Waals surface area contributed by atoms with Crippen molar-refractivity contribution in [1.82, 2.24) is 20.3 Å². The maximum atomic E-state index is 12.2. The fourth-order valence-electron chi connectivity index (χ4n) is 3.21. The summed E-state index contributed by atoms with van der Waals surface area (Å²) in [6.07, 6.45) is 3.07. The van der Waals surface area contributed by atoms with Crippen LogP contribution in [0.15, 0.2) is 36.4 Å². The lowest BCUT2D eigenvalue weighted by atomic mass is 10.1. The smallest absolute Gasteiger partial charge is 0.251 e. The number of ether oxygens (including phenoxy) is 1. The Hall–Kier alpha value is -3.26. The Morgan fingerprint density at radius 3 is 2.60 bits per heavy atom. The van der Waals surface area contributed by atoms with Crippen LogP contribution in [0.3, 0.4) is 0 Å². The number of nitrogens with zero attached hydrogens (tertiary/aromatic N) is 3. The van der Waals surface area contributed by atoms with Crippen molar-refractivity contribution in [3.8, 4) is 11.3 Å². The maximum absolute atomic E-state index is 12.2. The minimum Gasteiger partial charge on any atom is -0.380 e. The molecule has 1 atom stereocenters. The van der Waals surface area contributed by atoms with E-state index in [4.69, 9.17) is 15.5 Å². The van der Waals surface area contributed by atoms with Gasteiger partial charge in [0.05, 0.1) is 17.3 Å². The summed E-state index contributed by atoms with van der Waals surface area (Å²) in [7, 11) is 1.69. The molecule has 2 aromatic heterocycles. The minimum absolute atomic E-state index is 0.0329. The molecule has 1 fully saturated rings. The number of methoxy groups -OCH3 is 1. The van der Waals surface area contributed by atoms with Crippen LogP contribution in [0.4, 0.5) is 11.8 Å². The molecular formula is C22H26N6O2. The second-order valence-electron chi connectivity index (χ2n) is 7.47. The highest BCUT2D eigenvalue weighted by molar-refractivity contribution is 5.95. The second-order valence-corrected chi connectivity index (χ2v) is 7.47. The Morgan fingerprint density at radius 1 is 1.17 bits per heavy atom. The zero-order valence-corrected chi connectivity index (χ0v) is 17.2. The van der Waals surface area contributed by atoms with Gasteiger partial charge in [-0.1, -0.05) is 19.1 Å². The molecule has 2 heterocycles. The molecule has 8 heteroatoms. The number of aromatic nitrogens is 3. The molecular weight excluding hydrogens is 380 g/mol. The van der Waals surface area contributed by atoms with Gasteiger partial charge in [0.2, 0.25) is 5.95 Å². The van der Waals surface area contributed by atoms with Gasteiger partial charge in [-0.25, -0.2) is 9.97 Å². The van der Waals surface area contributed by atoms with Crippen LogP contribution in [-0.2, 0) is 4.74 Å². The quantitative estimate of drug-likeness (QED) is 0.527. The van der Waals surface area contributed by atoms with Crippen molar-refractivity contribution in [3.63, 3.8) is 0 Å². The fraction of sp³-hybridized carbons (Fsp3) is 0.364. The molecule has 1 unspecified atom stereocenters. The lowest BCUT2D eigenvalue weighted by Crippen LogP contribution is -2.25. The molecule has 0 saturated heterocycles. The predicted octanol–water partition coefficient (Wildman–Crippen LogP) is 3.00. The van der Waals surface area contributed by atoms with Crippen molar-refractivity contribution in [2.24, 2.45) is 0 Å². The van der Waals surface area contributed by atoms with E-state index in [0.29, 0.717) is 35.0 Å². The summed E-state index contributed by atoms with van der Waals surface area (Å²) in [5.74, 6) is 0.737. The van der Waals surface area contributed by atoms with Crippen molar-refractivity contribution in [1.29, 1.82) is 0 Å². The molecule has 1 amide bonds. The summed E-state index contributed by atoms with van der Waals surface area (Å²) < 4.78 is 5.42. The van der Waals surface area contributed by atoms with Gasteiger partial charge in [0.15, 0.2) is 5.82 Å².